The van der Waals surface area contributed by atoms with Crippen molar-refractivity contribution in [2.45, 2.75) is 18.6 Å². The van der Waals surface area contributed by atoms with E-state index in [-0.39, 0.29) is 11.7 Å². The van der Waals surface area contributed by atoms with E-state index in [1.165, 1.54) is 22.9 Å². The summed E-state index contributed by atoms with van der Waals surface area (Å²) in [5.74, 6) is 0.0729. The predicted molar refractivity (Wildman–Crippen MR) is 128 cm³/mol. The number of aryl methyl sites for hydroxylation is 1. The van der Waals surface area contributed by atoms with Gasteiger partial charge >= 0.3 is 0 Å². The van der Waals surface area contributed by atoms with Crippen molar-refractivity contribution >= 4 is 62.2 Å². The lowest BCUT2D eigenvalue weighted by Gasteiger charge is -2.09. The van der Waals surface area contributed by atoms with Gasteiger partial charge in [0.2, 0.25) is 0 Å². The summed E-state index contributed by atoms with van der Waals surface area (Å²) in [4.78, 5) is 17.9. The number of aromatic nitrogens is 2. The summed E-state index contributed by atoms with van der Waals surface area (Å²) < 4.78 is 3.18. The molecule has 0 fully saturated rings. The van der Waals surface area contributed by atoms with Crippen LogP contribution >= 0.6 is 39.0 Å². The number of carbonyl (C=O) groups is 1. The third-order valence-corrected chi connectivity index (χ3v) is 6.92. The second-order valence-corrected chi connectivity index (χ2v) is 10.1. The average Bonchev–Trinajstić information content (AvgIpc) is 3.31. The van der Waals surface area contributed by atoms with E-state index >= 15 is 0 Å². The lowest BCUT2D eigenvalue weighted by molar-refractivity contribution is -0.118. The van der Waals surface area contributed by atoms with Crippen molar-refractivity contribution < 1.29 is 4.79 Å². The number of nitrogens with one attached hydrogen (secondary N) is 1. The summed E-state index contributed by atoms with van der Waals surface area (Å²) in [6.07, 6.45) is 1.64. The van der Waals surface area contributed by atoms with Gasteiger partial charge in [-0.1, -0.05) is 53.7 Å². The molecule has 0 bridgehead atoms. The van der Waals surface area contributed by atoms with Gasteiger partial charge in [-0.15, -0.1) is 11.3 Å². The maximum Gasteiger partial charge on any atom is 0.250 e. The summed E-state index contributed by atoms with van der Waals surface area (Å²) in [7, 11) is 0. The van der Waals surface area contributed by atoms with Crippen LogP contribution in [-0.2, 0) is 11.3 Å². The molecule has 152 valence electrons. The van der Waals surface area contributed by atoms with E-state index in [1.807, 2.05) is 30.3 Å². The van der Waals surface area contributed by atoms with Gasteiger partial charge in [-0.2, -0.15) is 5.10 Å². The fourth-order valence-corrected chi connectivity index (χ4v) is 5.02. The molecule has 2 aromatic carbocycles. The van der Waals surface area contributed by atoms with Gasteiger partial charge in [0.15, 0.2) is 5.16 Å². The molecule has 0 radical (unpaired) electrons. The van der Waals surface area contributed by atoms with E-state index in [4.69, 9.17) is 4.98 Å². The minimum Gasteiger partial charge on any atom is -0.314 e. The van der Waals surface area contributed by atoms with E-state index < -0.39 is 0 Å². The number of rotatable bonds is 7. The van der Waals surface area contributed by atoms with Crippen LogP contribution in [0.15, 0.2) is 74.7 Å². The summed E-state index contributed by atoms with van der Waals surface area (Å²) in [5, 5.41) is 4.85. The van der Waals surface area contributed by atoms with Gasteiger partial charge in [0.1, 0.15) is 0 Å². The van der Waals surface area contributed by atoms with Crippen LogP contribution in [0.4, 0.5) is 0 Å². The Kier molecular flexibility index (Phi) is 6.66. The Morgan fingerprint density at radius 1 is 1.20 bits per heavy atom. The van der Waals surface area contributed by atoms with Crippen LogP contribution in [0.2, 0.25) is 0 Å². The van der Waals surface area contributed by atoms with E-state index in [0.717, 1.165) is 24.9 Å². The number of thioether (sulfide) groups is 1. The Balaban J connectivity index is 1.45. The van der Waals surface area contributed by atoms with Crippen molar-refractivity contribution in [3.8, 4) is 0 Å². The Morgan fingerprint density at radius 2 is 2.00 bits per heavy atom. The zero-order valence-electron chi connectivity index (χ0n) is 16.2. The summed E-state index contributed by atoms with van der Waals surface area (Å²) >= 11 is 6.38. The Bertz CT molecular complexity index is 1200. The predicted octanol–water partition coefficient (Wildman–Crippen LogP) is 5.46. The third-order valence-electron chi connectivity index (χ3n) is 4.39. The number of hydrogen-bond donors (Lipinski definition) is 1. The maximum absolute atomic E-state index is 12.2. The summed E-state index contributed by atoms with van der Waals surface area (Å²) in [6.45, 7) is 2.78. The van der Waals surface area contributed by atoms with Crippen LogP contribution < -0.4 is 5.43 Å². The van der Waals surface area contributed by atoms with E-state index in [1.54, 1.807) is 17.6 Å². The molecule has 0 saturated carbocycles. The molecule has 0 unspecified atom stereocenters. The Labute approximate surface area is 191 Å². The first-order chi connectivity index (χ1) is 14.6. The van der Waals surface area contributed by atoms with Gasteiger partial charge in [0.05, 0.1) is 33.3 Å². The van der Waals surface area contributed by atoms with Crippen molar-refractivity contribution in [3.63, 3.8) is 0 Å². The zero-order chi connectivity index (χ0) is 20.9. The number of para-hydroxylation sites is 2. The number of carbonyl (C=O) groups excluding carboxylic acids is 1. The number of fused-ring (bicyclic) bond motifs is 1. The number of benzene rings is 2. The van der Waals surface area contributed by atoms with Crippen LogP contribution in [0, 0.1) is 6.92 Å². The van der Waals surface area contributed by atoms with Crippen LogP contribution in [0.3, 0.4) is 0 Å². The zero-order valence-corrected chi connectivity index (χ0v) is 19.4. The highest BCUT2D eigenvalue weighted by molar-refractivity contribution is 9.11. The van der Waals surface area contributed by atoms with Crippen LogP contribution in [0.1, 0.15) is 16.0 Å². The number of hydrogen-bond acceptors (Lipinski definition) is 5. The Hall–Kier alpha value is -2.42. The van der Waals surface area contributed by atoms with Gasteiger partial charge < -0.3 is 4.57 Å². The number of hydrazone groups is 1. The normalized spacial score (nSPS) is 11.4. The molecule has 5 nitrogen and oxygen atoms in total. The number of amides is 1. The first-order valence-corrected chi connectivity index (χ1v) is 11.9. The number of thiophene rings is 1. The van der Waals surface area contributed by atoms with E-state index in [2.05, 4.69) is 68.3 Å². The molecular weight excluding hydrogens is 480 g/mol. The highest BCUT2D eigenvalue weighted by Crippen LogP contribution is 2.25. The van der Waals surface area contributed by atoms with Crippen molar-refractivity contribution in [2.75, 3.05) is 5.75 Å². The molecule has 2 aromatic heterocycles. The molecule has 1 N–H and O–H groups in total. The molecule has 30 heavy (non-hydrogen) atoms. The molecule has 0 aliphatic heterocycles. The summed E-state index contributed by atoms with van der Waals surface area (Å²) in [5.41, 5.74) is 6.99. The lowest BCUT2D eigenvalue weighted by Crippen LogP contribution is -2.20. The minimum absolute atomic E-state index is 0.166. The molecule has 4 aromatic rings. The Morgan fingerprint density at radius 3 is 2.77 bits per heavy atom. The first kappa shape index (κ1) is 20.8. The van der Waals surface area contributed by atoms with Gasteiger partial charge in [-0.05, 0) is 52.7 Å². The van der Waals surface area contributed by atoms with Crippen LogP contribution in [0.25, 0.3) is 11.0 Å². The molecule has 0 spiro atoms. The van der Waals surface area contributed by atoms with Gasteiger partial charge in [-0.25, -0.2) is 10.4 Å². The molecule has 0 aliphatic carbocycles. The highest BCUT2D eigenvalue weighted by atomic mass is 79.9. The average molecular weight is 499 g/mol. The van der Waals surface area contributed by atoms with Crippen molar-refractivity contribution in [3.05, 3.63) is 80.5 Å². The lowest BCUT2D eigenvalue weighted by atomic mass is 10.1. The topological polar surface area (TPSA) is 59.3 Å². The van der Waals surface area contributed by atoms with Crippen molar-refractivity contribution in [1.29, 1.82) is 0 Å². The third kappa shape index (κ3) is 5.19. The second-order valence-electron chi connectivity index (χ2n) is 6.68. The molecule has 8 heteroatoms. The molecule has 0 atom stereocenters. The second kappa shape index (κ2) is 9.59. The molecule has 2 heterocycles. The monoisotopic (exact) mass is 498 g/mol. The highest BCUT2D eigenvalue weighted by Gasteiger charge is 2.13. The summed E-state index contributed by atoms with van der Waals surface area (Å²) in [6, 6.07) is 20.4. The van der Waals surface area contributed by atoms with Gasteiger partial charge in [0.25, 0.3) is 5.91 Å². The fraction of sp³-hybridized carbons (Fsp3) is 0.136. The SMILES string of the molecule is Cc1ccc(Cn2c(SCC(=O)N/N=C\c3ccc(Br)s3)nc3ccccc32)cc1. The van der Waals surface area contributed by atoms with Gasteiger partial charge in [-0.3, -0.25) is 4.79 Å². The standard InChI is InChI=1S/C22H19BrN4OS2/c1-15-6-8-16(9-7-15)13-27-19-5-3-2-4-18(19)25-22(27)29-14-21(28)26-24-12-17-10-11-20(23)30-17/h2-12H,13-14H2,1H3,(H,26,28)/b24-12-. The fourth-order valence-electron chi connectivity index (χ4n) is 2.92. The molecule has 0 aliphatic rings. The quantitative estimate of drug-likeness (QED) is 0.209. The van der Waals surface area contributed by atoms with Crippen LogP contribution in [-0.4, -0.2) is 27.4 Å². The van der Waals surface area contributed by atoms with E-state index in [0.29, 0.717) is 6.54 Å². The molecule has 0 saturated heterocycles. The maximum atomic E-state index is 12.2. The van der Waals surface area contributed by atoms with Crippen LogP contribution in [0.5, 0.6) is 0 Å². The van der Waals surface area contributed by atoms with Crippen molar-refractivity contribution in [1.82, 2.24) is 15.0 Å². The number of halogens is 1. The molecule has 1 amide bonds. The molecular formula is C22H19BrN4OS2. The molecule has 4 rings (SSSR count). The first-order valence-electron chi connectivity index (χ1n) is 9.29. The smallest absolute Gasteiger partial charge is 0.250 e. The van der Waals surface area contributed by atoms with Crippen molar-refractivity contribution in [2.24, 2.45) is 5.10 Å². The van der Waals surface area contributed by atoms with E-state index in [9.17, 15) is 4.79 Å². The van der Waals surface area contributed by atoms with Gasteiger partial charge in [0, 0.05) is 4.88 Å². The minimum atomic E-state index is -0.166. The number of nitrogens with zero attached hydrogens (tertiary/aromatic N) is 3. The number of imidazole rings is 1. The largest absolute Gasteiger partial charge is 0.314 e.